The summed E-state index contributed by atoms with van der Waals surface area (Å²) in [7, 11) is 4.15. The maximum absolute atomic E-state index is 6.30. The van der Waals surface area contributed by atoms with Gasteiger partial charge in [-0.2, -0.15) is 5.10 Å². The van der Waals surface area contributed by atoms with Gasteiger partial charge in [-0.3, -0.25) is 4.68 Å². The lowest BCUT2D eigenvalue weighted by Crippen LogP contribution is -2.42. The molecule has 2 rings (SSSR count). The Kier molecular flexibility index (Phi) is 4.99. The third kappa shape index (κ3) is 4.05. The molecule has 3 atom stereocenters. The highest BCUT2D eigenvalue weighted by Crippen LogP contribution is 2.30. The molecule has 1 saturated carbocycles. The molecular formula is C15H28N4. The van der Waals surface area contributed by atoms with E-state index >= 15 is 0 Å². The van der Waals surface area contributed by atoms with Crippen LogP contribution in [0.4, 0.5) is 0 Å². The van der Waals surface area contributed by atoms with E-state index in [4.69, 9.17) is 5.73 Å². The van der Waals surface area contributed by atoms with Crippen molar-refractivity contribution in [3.8, 4) is 0 Å². The van der Waals surface area contributed by atoms with Crippen molar-refractivity contribution in [3.05, 3.63) is 18.0 Å². The zero-order chi connectivity index (χ0) is 13.8. The third-order valence-corrected chi connectivity index (χ3v) is 4.48. The first-order valence-corrected chi connectivity index (χ1v) is 7.50. The quantitative estimate of drug-likeness (QED) is 0.885. The predicted molar refractivity (Wildman–Crippen MR) is 78.6 cm³/mol. The summed E-state index contributed by atoms with van der Waals surface area (Å²) < 4.78 is 1.86. The second kappa shape index (κ2) is 6.53. The van der Waals surface area contributed by atoms with E-state index in [9.17, 15) is 0 Å². The van der Waals surface area contributed by atoms with Gasteiger partial charge in [0.1, 0.15) is 0 Å². The van der Waals surface area contributed by atoms with Gasteiger partial charge in [0.25, 0.3) is 0 Å². The van der Waals surface area contributed by atoms with E-state index in [1.807, 2.05) is 17.9 Å². The number of aryl methyl sites for hydroxylation is 1. The van der Waals surface area contributed by atoms with Crippen LogP contribution in [0.3, 0.4) is 0 Å². The summed E-state index contributed by atoms with van der Waals surface area (Å²) in [5, 5.41) is 4.22. The monoisotopic (exact) mass is 264 g/mol. The largest absolute Gasteiger partial charge is 0.327 e. The van der Waals surface area contributed by atoms with Crippen LogP contribution in [0.2, 0.25) is 0 Å². The van der Waals surface area contributed by atoms with Crippen molar-refractivity contribution in [2.75, 3.05) is 13.6 Å². The van der Waals surface area contributed by atoms with Gasteiger partial charge in [-0.05, 0) is 38.1 Å². The lowest BCUT2D eigenvalue weighted by molar-refractivity contribution is 0.168. The van der Waals surface area contributed by atoms with Crippen molar-refractivity contribution < 1.29 is 0 Å². The molecule has 1 fully saturated rings. The van der Waals surface area contributed by atoms with Crippen LogP contribution in [0.25, 0.3) is 0 Å². The summed E-state index contributed by atoms with van der Waals surface area (Å²) >= 11 is 0. The highest BCUT2D eigenvalue weighted by molar-refractivity contribution is 5.03. The smallest absolute Gasteiger partial charge is 0.0534 e. The first-order valence-electron chi connectivity index (χ1n) is 7.50. The Morgan fingerprint density at radius 3 is 2.89 bits per heavy atom. The van der Waals surface area contributed by atoms with Gasteiger partial charge in [0.05, 0.1) is 6.20 Å². The molecule has 3 unspecified atom stereocenters. The van der Waals surface area contributed by atoms with Crippen LogP contribution >= 0.6 is 0 Å². The van der Waals surface area contributed by atoms with E-state index in [0.29, 0.717) is 12.0 Å². The minimum absolute atomic E-state index is 0.388. The van der Waals surface area contributed by atoms with E-state index in [1.54, 1.807) is 0 Å². The molecule has 0 saturated heterocycles. The molecule has 1 aromatic heterocycles. The molecule has 0 amide bonds. The molecule has 0 bridgehead atoms. The Hall–Kier alpha value is -0.870. The number of hydrogen-bond acceptors (Lipinski definition) is 3. The van der Waals surface area contributed by atoms with Crippen LogP contribution < -0.4 is 5.73 Å². The second-order valence-electron chi connectivity index (χ2n) is 6.23. The summed E-state index contributed by atoms with van der Waals surface area (Å²) in [4.78, 5) is 2.39. The fraction of sp³-hybridized carbons (Fsp3) is 0.800. The molecule has 1 aromatic rings. The average molecular weight is 264 g/mol. The van der Waals surface area contributed by atoms with Crippen molar-refractivity contribution in [2.24, 2.45) is 24.6 Å². The molecule has 0 spiro atoms. The van der Waals surface area contributed by atoms with E-state index in [2.05, 4.69) is 30.2 Å². The third-order valence-electron chi connectivity index (χ3n) is 4.48. The lowest BCUT2D eigenvalue weighted by Gasteiger charge is -2.36. The highest BCUT2D eigenvalue weighted by atomic mass is 15.2. The molecule has 0 radical (unpaired) electrons. The molecule has 19 heavy (non-hydrogen) atoms. The molecule has 1 aliphatic carbocycles. The Balaban J connectivity index is 1.84. The first-order chi connectivity index (χ1) is 9.08. The van der Waals surface area contributed by atoms with Crippen LogP contribution in [-0.4, -0.2) is 34.3 Å². The van der Waals surface area contributed by atoms with Gasteiger partial charge in [-0.25, -0.2) is 0 Å². The maximum Gasteiger partial charge on any atom is 0.0534 e. The minimum Gasteiger partial charge on any atom is -0.327 e. The predicted octanol–water partition coefficient (Wildman–Crippen LogP) is 2.01. The normalized spacial score (nSPS) is 27.9. The molecule has 1 aliphatic rings. The number of nitrogens with zero attached hydrogens (tertiary/aromatic N) is 3. The van der Waals surface area contributed by atoms with Crippen molar-refractivity contribution in [1.82, 2.24) is 14.7 Å². The van der Waals surface area contributed by atoms with Crippen LogP contribution in [0.15, 0.2) is 12.4 Å². The standard InChI is InChI=1S/C15H28N4/c1-4-12-5-6-15(16)14(7-12)11-18(2)9-13-8-17-19(3)10-13/h8,10,12,14-15H,4-7,9,11,16H2,1-3H3. The molecule has 0 aliphatic heterocycles. The van der Waals surface area contributed by atoms with E-state index in [-0.39, 0.29) is 0 Å². The number of nitrogens with two attached hydrogens (primary N) is 1. The van der Waals surface area contributed by atoms with Gasteiger partial charge in [0.2, 0.25) is 0 Å². The van der Waals surface area contributed by atoms with E-state index in [0.717, 1.165) is 19.0 Å². The van der Waals surface area contributed by atoms with Crippen molar-refractivity contribution in [3.63, 3.8) is 0 Å². The number of rotatable bonds is 5. The molecule has 2 N–H and O–H groups in total. The fourth-order valence-corrected chi connectivity index (χ4v) is 3.30. The Morgan fingerprint density at radius 1 is 1.47 bits per heavy atom. The lowest BCUT2D eigenvalue weighted by atomic mass is 9.77. The van der Waals surface area contributed by atoms with Crippen LogP contribution in [0, 0.1) is 11.8 Å². The summed E-state index contributed by atoms with van der Waals surface area (Å²) in [5.74, 6) is 1.54. The summed E-state index contributed by atoms with van der Waals surface area (Å²) in [6.07, 6.45) is 9.16. The van der Waals surface area contributed by atoms with Crippen LogP contribution in [0.1, 0.15) is 38.2 Å². The summed E-state index contributed by atoms with van der Waals surface area (Å²) in [6, 6.07) is 0.388. The SMILES string of the molecule is CCC1CCC(N)C(CN(C)Cc2cnn(C)c2)C1. The molecule has 4 nitrogen and oxygen atoms in total. The maximum atomic E-state index is 6.30. The fourth-order valence-electron chi connectivity index (χ4n) is 3.30. The zero-order valence-electron chi connectivity index (χ0n) is 12.5. The second-order valence-corrected chi connectivity index (χ2v) is 6.23. The van der Waals surface area contributed by atoms with E-state index in [1.165, 1.54) is 31.2 Å². The number of hydrogen-bond donors (Lipinski definition) is 1. The van der Waals surface area contributed by atoms with Gasteiger partial charge in [-0.15, -0.1) is 0 Å². The highest BCUT2D eigenvalue weighted by Gasteiger charge is 2.28. The Morgan fingerprint density at radius 2 is 2.26 bits per heavy atom. The van der Waals surface area contributed by atoms with Crippen molar-refractivity contribution >= 4 is 0 Å². The van der Waals surface area contributed by atoms with Gasteiger partial charge < -0.3 is 10.6 Å². The Bertz CT molecular complexity index is 387. The molecule has 108 valence electrons. The molecule has 1 heterocycles. The van der Waals surface area contributed by atoms with Gasteiger partial charge in [0.15, 0.2) is 0 Å². The van der Waals surface area contributed by atoms with Crippen molar-refractivity contribution in [2.45, 2.75) is 45.2 Å². The zero-order valence-corrected chi connectivity index (χ0v) is 12.5. The van der Waals surface area contributed by atoms with E-state index < -0.39 is 0 Å². The van der Waals surface area contributed by atoms with Crippen LogP contribution in [-0.2, 0) is 13.6 Å². The van der Waals surface area contributed by atoms with Gasteiger partial charge in [0, 0.05) is 37.9 Å². The average Bonchev–Trinajstić information content (AvgIpc) is 2.77. The first kappa shape index (κ1) is 14.5. The Labute approximate surface area is 117 Å². The summed E-state index contributed by atoms with van der Waals surface area (Å²) in [6.45, 7) is 4.37. The molecule has 4 heteroatoms. The van der Waals surface area contributed by atoms with Gasteiger partial charge >= 0.3 is 0 Å². The van der Waals surface area contributed by atoms with Crippen molar-refractivity contribution in [1.29, 1.82) is 0 Å². The topological polar surface area (TPSA) is 47.1 Å². The summed E-state index contributed by atoms with van der Waals surface area (Å²) in [5.41, 5.74) is 7.58. The van der Waals surface area contributed by atoms with Gasteiger partial charge in [-0.1, -0.05) is 13.3 Å². The molecular weight excluding hydrogens is 236 g/mol. The minimum atomic E-state index is 0.388. The van der Waals surface area contributed by atoms with Crippen LogP contribution in [0.5, 0.6) is 0 Å². The number of aromatic nitrogens is 2. The molecule has 0 aromatic carbocycles.